The molecule has 0 amide bonds. The smallest absolute Gasteiger partial charge is 0.0856 e. The van der Waals surface area contributed by atoms with Crippen LogP contribution in [-0.2, 0) is 0 Å². The molecule has 0 unspecified atom stereocenters. The van der Waals surface area contributed by atoms with Gasteiger partial charge in [0.15, 0.2) is 0 Å². The van der Waals surface area contributed by atoms with Crippen LogP contribution in [0.1, 0.15) is 71.1 Å². The quantitative estimate of drug-likeness (QED) is 0.258. The summed E-state index contributed by atoms with van der Waals surface area (Å²) in [4.78, 5) is 0. The van der Waals surface area contributed by atoms with Crippen molar-refractivity contribution < 1.29 is 15.3 Å². The molecule has 0 aliphatic heterocycles. The Morgan fingerprint density at radius 2 is 1.05 bits per heavy atom. The number of hydrogen-bond donors (Lipinski definition) is 4. The number of rotatable bonds is 13. The van der Waals surface area contributed by atoms with Crippen molar-refractivity contribution >= 4 is 34.9 Å². The summed E-state index contributed by atoms with van der Waals surface area (Å²) in [6.07, 6.45) is 14.7. The van der Waals surface area contributed by atoms with Gasteiger partial charge in [0.05, 0.1) is 25.4 Å². The maximum atomic E-state index is 8.34. The van der Waals surface area contributed by atoms with Crippen LogP contribution < -0.4 is 5.73 Å². The minimum atomic E-state index is -1.21. The zero-order valence-corrected chi connectivity index (χ0v) is 18.4. The molecule has 0 saturated heterocycles. The normalized spacial score (nSPS) is 10.6. The fourth-order valence-corrected chi connectivity index (χ4v) is 2.61. The predicted octanol–water partition coefficient (Wildman–Crippen LogP) is 2.31. The van der Waals surface area contributed by atoms with Crippen LogP contribution in [-0.4, -0.2) is 63.2 Å². The number of unbranched alkanes of at least 4 members (excludes halogenated alkanes) is 9. The Morgan fingerprint density at radius 3 is 1.27 bits per heavy atom. The van der Waals surface area contributed by atoms with E-state index in [1.54, 1.807) is 0 Å². The molecule has 0 aromatic heterocycles. The van der Waals surface area contributed by atoms with E-state index in [0.29, 0.717) is 0 Å². The summed E-state index contributed by atoms with van der Waals surface area (Å²) < 4.78 is 1.50. The summed E-state index contributed by atoms with van der Waals surface area (Å²) in [6.45, 7) is 1.08. The second kappa shape index (κ2) is 21.9. The molecule has 0 rings (SSSR count). The summed E-state index contributed by atoms with van der Waals surface area (Å²) >= 11 is 1.47. The van der Waals surface area contributed by atoms with Gasteiger partial charge >= 0.3 is 98.1 Å². The van der Waals surface area contributed by atoms with Crippen LogP contribution in [0.3, 0.4) is 0 Å². The molecule has 22 heavy (non-hydrogen) atoms. The van der Waals surface area contributed by atoms with E-state index in [0.717, 1.165) is 0 Å². The van der Waals surface area contributed by atoms with Crippen LogP contribution in [0.2, 0.25) is 4.44 Å². The number of nitrogens with two attached hydrogens (primary N) is 1. The first-order chi connectivity index (χ1) is 10.1. The third-order valence-electron chi connectivity index (χ3n) is 3.50. The van der Waals surface area contributed by atoms with Gasteiger partial charge in [-0.2, -0.15) is 0 Å². The number of aliphatic hydroxyl groups excluding tert-OH is 3. The van der Waals surface area contributed by atoms with Gasteiger partial charge in [0.1, 0.15) is 0 Å². The Kier molecular flexibility index (Phi) is 27.7. The molecule has 0 heterocycles. The van der Waals surface area contributed by atoms with Crippen LogP contribution >= 0.6 is 12.4 Å². The molecule has 0 aromatic rings. The maximum Gasteiger partial charge on any atom is 0.0856 e. The summed E-state index contributed by atoms with van der Waals surface area (Å²) in [5, 5.41) is 25.0. The molecule has 0 aromatic carbocycles. The minimum absolute atomic E-state index is 0. The molecule has 6 heteroatoms. The van der Waals surface area contributed by atoms with Crippen molar-refractivity contribution in [3.05, 3.63) is 0 Å². The van der Waals surface area contributed by atoms with Crippen molar-refractivity contribution in [2.45, 2.75) is 81.1 Å². The second-order valence-electron chi connectivity index (χ2n) is 5.81. The fraction of sp³-hybridized carbons (Fsp3) is 1.00. The zero-order chi connectivity index (χ0) is 16.4. The molecule has 0 fully saturated rings. The van der Waals surface area contributed by atoms with E-state index in [4.69, 9.17) is 21.1 Å². The average molecular weight is 447 g/mol. The monoisotopic (exact) mass is 447 g/mol. The predicted molar refractivity (Wildman–Crippen MR) is 99.2 cm³/mol. The molecule has 0 atom stereocenters. The van der Waals surface area contributed by atoms with Crippen LogP contribution in [0.15, 0.2) is 0 Å². The standard InChI is InChI=1S/C12H25.C4H11NO3.ClH.Sn.H/c1-3-5-7-9-11-12-10-8-6-4-2;5-4(1-6,2-7)3-8;;;/h1,3-12H2,2H3;6-8H,1-3,5H2;1H;;. The third kappa shape index (κ3) is 20.9. The van der Waals surface area contributed by atoms with Crippen molar-refractivity contribution in [2.75, 3.05) is 19.8 Å². The van der Waals surface area contributed by atoms with Gasteiger partial charge in [0, 0.05) is 0 Å². The first-order valence-corrected chi connectivity index (χ1v) is 10.7. The number of hydrogen-bond acceptors (Lipinski definition) is 4. The summed E-state index contributed by atoms with van der Waals surface area (Å²) in [6, 6.07) is 0. The molecular formula is C16H38ClNO3Sn. The summed E-state index contributed by atoms with van der Waals surface area (Å²) in [5.41, 5.74) is 3.94. The average Bonchev–Trinajstić information content (AvgIpc) is 2.53. The molecule has 4 nitrogen and oxygen atoms in total. The van der Waals surface area contributed by atoms with Gasteiger partial charge in [-0.1, -0.05) is 0 Å². The summed E-state index contributed by atoms with van der Waals surface area (Å²) in [5.74, 6) is 0. The SMILES string of the molecule is CCCCCCCCCCC[CH2][SnH].Cl.NC(CO)(CO)CO. The van der Waals surface area contributed by atoms with Crippen molar-refractivity contribution in [1.29, 1.82) is 0 Å². The van der Waals surface area contributed by atoms with Gasteiger partial charge in [-0.25, -0.2) is 0 Å². The molecule has 5 N–H and O–H groups in total. The van der Waals surface area contributed by atoms with Gasteiger partial charge in [-0.15, -0.1) is 12.4 Å². The van der Waals surface area contributed by atoms with Crippen LogP contribution in [0.4, 0.5) is 0 Å². The van der Waals surface area contributed by atoms with E-state index < -0.39 is 25.4 Å². The van der Waals surface area contributed by atoms with Crippen LogP contribution in [0.5, 0.6) is 0 Å². The van der Waals surface area contributed by atoms with E-state index in [1.807, 2.05) is 0 Å². The molecular weight excluding hydrogens is 408 g/mol. The van der Waals surface area contributed by atoms with Crippen molar-refractivity contribution in [3.8, 4) is 0 Å². The van der Waals surface area contributed by atoms with Crippen LogP contribution in [0, 0.1) is 0 Å². The van der Waals surface area contributed by atoms with Gasteiger partial charge in [-0.3, -0.25) is 0 Å². The molecule has 0 spiro atoms. The Morgan fingerprint density at radius 1 is 0.727 bits per heavy atom. The number of halogens is 1. The molecule has 0 bridgehead atoms. The minimum Gasteiger partial charge on any atom is -0.394 e. The van der Waals surface area contributed by atoms with Crippen molar-refractivity contribution in [2.24, 2.45) is 5.73 Å². The molecule has 0 saturated carbocycles. The Labute approximate surface area is 156 Å². The summed E-state index contributed by atoms with van der Waals surface area (Å²) in [7, 11) is 0. The molecule has 0 aliphatic carbocycles. The van der Waals surface area contributed by atoms with Gasteiger partial charge in [-0.05, 0) is 0 Å². The topological polar surface area (TPSA) is 86.7 Å². The second-order valence-corrected chi connectivity index (χ2v) is 7.46. The Bertz CT molecular complexity index is 178. The fourth-order valence-electron chi connectivity index (χ4n) is 1.78. The zero-order valence-electron chi connectivity index (χ0n) is 14.3. The van der Waals surface area contributed by atoms with E-state index >= 15 is 0 Å². The maximum absolute atomic E-state index is 8.34. The molecule has 136 valence electrons. The number of aliphatic hydroxyl groups is 3. The first-order valence-electron chi connectivity index (χ1n) is 8.41. The largest absolute Gasteiger partial charge is 0.394 e. The van der Waals surface area contributed by atoms with Gasteiger partial charge in [0.2, 0.25) is 0 Å². The van der Waals surface area contributed by atoms with Crippen LogP contribution in [0.25, 0.3) is 0 Å². The van der Waals surface area contributed by atoms with Gasteiger partial charge < -0.3 is 21.1 Å². The molecule has 0 aliphatic rings. The van der Waals surface area contributed by atoms with Crippen molar-refractivity contribution in [1.82, 2.24) is 0 Å². The van der Waals surface area contributed by atoms with Gasteiger partial charge in [0.25, 0.3) is 0 Å². The van der Waals surface area contributed by atoms with E-state index in [-0.39, 0.29) is 12.4 Å². The van der Waals surface area contributed by atoms with E-state index in [2.05, 4.69) is 6.92 Å². The van der Waals surface area contributed by atoms with E-state index in [9.17, 15) is 0 Å². The first kappa shape index (κ1) is 27.8. The molecule has 2 radical (unpaired) electrons. The Hall–Kier alpha value is 0.929. The third-order valence-corrected chi connectivity index (χ3v) is 4.67. The Balaban J connectivity index is -0.000000348. The van der Waals surface area contributed by atoms with E-state index in [1.165, 1.54) is 91.2 Å². The van der Waals surface area contributed by atoms with Crippen molar-refractivity contribution in [3.63, 3.8) is 0 Å².